The lowest BCUT2D eigenvalue weighted by atomic mass is 9.80. The maximum Gasteiger partial charge on any atom is 0.155 e. The summed E-state index contributed by atoms with van der Waals surface area (Å²) in [5.74, 6) is 0.292. The van der Waals surface area contributed by atoms with Crippen molar-refractivity contribution in [3.8, 4) is 0 Å². The van der Waals surface area contributed by atoms with Gasteiger partial charge in [-0.25, -0.2) is 8.42 Å². The highest BCUT2D eigenvalue weighted by Crippen LogP contribution is 2.31. The zero-order valence-corrected chi connectivity index (χ0v) is 13.1. The van der Waals surface area contributed by atoms with E-state index in [4.69, 9.17) is 0 Å². The molecule has 0 bridgehead atoms. The average Bonchev–Trinajstić information content (AvgIpc) is 2.23. The Morgan fingerprint density at radius 2 is 1.53 bits per heavy atom. The van der Waals surface area contributed by atoms with Gasteiger partial charge in [-0.2, -0.15) is 0 Å². The van der Waals surface area contributed by atoms with E-state index in [0.29, 0.717) is 5.75 Å². The fraction of sp³-hybridized carbons (Fsp3) is 1.00. The summed E-state index contributed by atoms with van der Waals surface area (Å²) in [7, 11) is -1.07. The highest BCUT2D eigenvalue weighted by molar-refractivity contribution is 7.92. The fourth-order valence-corrected chi connectivity index (χ4v) is 3.29. The summed E-state index contributed by atoms with van der Waals surface area (Å²) < 4.78 is 23.6. The van der Waals surface area contributed by atoms with Crippen LogP contribution < -0.4 is 5.32 Å². The molecule has 1 N–H and O–H groups in total. The number of hydrogen-bond acceptors (Lipinski definition) is 3. The quantitative estimate of drug-likeness (QED) is 0.768. The molecule has 0 aliphatic rings. The summed E-state index contributed by atoms with van der Waals surface area (Å²) >= 11 is 0. The van der Waals surface area contributed by atoms with Crippen LogP contribution in [-0.4, -0.2) is 32.5 Å². The first-order valence-electron chi connectivity index (χ1n) is 6.51. The monoisotopic (exact) mass is 263 g/mol. The summed E-state index contributed by atoms with van der Waals surface area (Å²) in [5.41, 5.74) is 0.118. The van der Waals surface area contributed by atoms with Gasteiger partial charge in [-0.05, 0) is 52.5 Å². The lowest BCUT2D eigenvalue weighted by Gasteiger charge is -2.32. The molecule has 0 aliphatic heterocycles. The molecule has 0 saturated heterocycles. The molecule has 4 heteroatoms. The van der Waals surface area contributed by atoms with Gasteiger partial charge in [-0.1, -0.05) is 13.8 Å². The van der Waals surface area contributed by atoms with Crippen molar-refractivity contribution in [3.05, 3.63) is 0 Å². The van der Waals surface area contributed by atoms with E-state index in [0.717, 1.165) is 25.8 Å². The van der Waals surface area contributed by atoms with Crippen LogP contribution in [0.2, 0.25) is 0 Å². The van der Waals surface area contributed by atoms with E-state index >= 15 is 0 Å². The lowest BCUT2D eigenvalue weighted by Crippen LogP contribution is -2.37. The van der Waals surface area contributed by atoms with Crippen molar-refractivity contribution >= 4 is 9.84 Å². The first kappa shape index (κ1) is 16.9. The molecular weight excluding hydrogens is 234 g/mol. The smallest absolute Gasteiger partial charge is 0.155 e. The molecule has 3 nitrogen and oxygen atoms in total. The highest BCUT2D eigenvalue weighted by atomic mass is 32.2. The summed E-state index contributed by atoms with van der Waals surface area (Å²) in [4.78, 5) is 0. The molecule has 104 valence electrons. The minimum absolute atomic E-state index is 0.118. The summed E-state index contributed by atoms with van der Waals surface area (Å²) in [6, 6.07) is 0. The van der Waals surface area contributed by atoms with E-state index in [9.17, 15) is 8.42 Å². The molecule has 0 aromatic heterocycles. The zero-order chi connectivity index (χ0) is 13.7. The molecule has 0 aromatic carbocycles. The van der Waals surface area contributed by atoms with Gasteiger partial charge in [0.1, 0.15) is 0 Å². The maximum absolute atomic E-state index is 12.1. The molecule has 0 atom stereocenters. The minimum atomic E-state index is -3.00. The molecule has 17 heavy (non-hydrogen) atoms. The zero-order valence-electron chi connectivity index (χ0n) is 12.3. The minimum Gasteiger partial charge on any atom is -0.319 e. The second kappa shape index (κ2) is 6.19. The fourth-order valence-electron chi connectivity index (χ4n) is 1.97. The van der Waals surface area contributed by atoms with Gasteiger partial charge >= 0.3 is 0 Å². The number of sulfone groups is 1. The number of rotatable bonds is 7. The van der Waals surface area contributed by atoms with Crippen LogP contribution >= 0.6 is 0 Å². The Kier molecular flexibility index (Phi) is 6.15. The predicted octanol–water partition coefficient (Wildman–Crippen LogP) is 2.62. The molecular formula is C13H29NO2S. The van der Waals surface area contributed by atoms with Gasteiger partial charge in [0.15, 0.2) is 9.84 Å². The van der Waals surface area contributed by atoms with Crippen molar-refractivity contribution in [1.82, 2.24) is 5.32 Å². The van der Waals surface area contributed by atoms with E-state index < -0.39 is 14.6 Å². The van der Waals surface area contributed by atoms with Crippen molar-refractivity contribution in [2.75, 3.05) is 19.3 Å². The molecule has 0 unspecified atom stereocenters. The van der Waals surface area contributed by atoms with Crippen molar-refractivity contribution in [2.45, 2.75) is 58.6 Å². The second-order valence-corrected chi connectivity index (χ2v) is 8.78. The average molecular weight is 263 g/mol. The first-order chi connectivity index (χ1) is 7.64. The van der Waals surface area contributed by atoms with Crippen LogP contribution in [0.3, 0.4) is 0 Å². The van der Waals surface area contributed by atoms with Gasteiger partial charge < -0.3 is 5.32 Å². The molecule has 0 rings (SSSR count). The predicted molar refractivity (Wildman–Crippen MR) is 75.1 cm³/mol. The highest BCUT2D eigenvalue weighted by Gasteiger charge is 2.33. The Bertz CT molecular complexity index is 311. The van der Waals surface area contributed by atoms with Gasteiger partial charge in [0, 0.05) is 6.54 Å². The summed E-state index contributed by atoms with van der Waals surface area (Å²) in [6.45, 7) is 10.5. The summed E-state index contributed by atoms with van der Waals surface area (Å²) in [5, 5.41) is 3.19. The van der Waals surface area contributed by atoms with Gasteiger partial charge in [0.25, 0.3) is 0 Å². The standard InChI is InChI=1S/C13H29NO2S/c1-7-13(8-2,11-14-6)9-10-17(15,16)12(3,4)5/h14H,7-11H2,1-6H3. The van der Waals surface area contributed by atoms with E-state index in [2.05, 4.69) is 19.2 Å². The van der Waals surface area contributed by atoms with Crippen LogP contribution in [0.25, 0.3) is 0 Å². The van der Waals surface area contributed by atoms with Crippen LogP contribution in [0, 0.1) is 5.41 Å². The Morgan fingerprint density at radius 1 is 1.06 bits per heavy atom. The third-order valence-electron chi connectivity index (χ3n) is 3.89. The summed E-state index contributed by atoms with van der Waals surface area (Å²) in [6.07, 6.45) is 2.79. The lowest BCUT2D eigenvalue weighted by molar-refractivity contribution is 0.245. The molecule has 0 radical (unpaired) electrons. The van der Waals surface area contributed by atoms with E-state index in [1.807, 2.05) is 7.05 Å². The maximum atomic E-state index is 12.1. The first-order valence-corrected chi connectivity index (χ1v) is 8.16. The second-order valence-electron chi connectivity index (χ2n) is 5.92. The van der Waals surface area contributed by atoms with Gasteiger partial charge in [-0.3, -0.25) is 0 Å². The Balaban J connectivity index is 4.73. The third-order valence-corrected chi connectivity index (χ3v) is 6.49. The van der Waals surface area contributed by atoms with Crippen molar-refractivity contribution in [1.29, 1.82) is 0 Å². The SMILES string of the molecule is CCC(CC)(CCS(=O)(=O)C(C)(C)C)CNC. The van der Waals surface area contributed by atoms with Crippen molar-refractivity contribution in [2.24, 2.45) is 5.41 Å². The molecule has 0 aliphatic carbocycles. The Morgan fingerprint density at radius 3 is 1.82 bits per heavy atom. The van der Waals surface area contributed by atoms with E-state index in [1.165, 1.54) is 0 Å². The largest absolute Gasteiger partial charge is 0.319 e. The van der Waals surface area contributed by atoms with Gasteiger partial charge in [-0.15, -0.1) is 0 Å². The van der Waals surface area contributed by atoms with E-state index in [1.54, 1.807) is 20.8 Å². The van der Waals surface area contributed by atoms with Crippen LogP contribution in [0.4, 0.5) is 0 Å². The number of hydrogen-bond donors (Lipinski definition) is 1. The van der Waals surface area contributed by atoms with Crippen LogP contribution in [-0.2, 0) is 9.84 Å². The number of nitrogens with one attached hydrogen (secondary N) is 1. The molecule has 0 amide bonds. The Hall–Kier alpha value is -0.0900. The molecule has 0 spiro atoms. The van der Waals surface area contributed by atoms with Crippen molar-refractivity contribution in [3.63, 3.8) is 0 Å². The topological polar surface area (TPSA) is 46.2 Å². The van der Waals surface area contributed by atoms with Gasteiger partial charge in [0.2, 0.25) is 0 Å². The normalized spacial score (nSPS) is 14.0. The van der Waals surface area contributed by atoms with Crippen molar-refractivity contribution < 1.29 is 8.42 Å². The molecule has 0 saturated carbocycles. The van der Waals surface area contributed by atoms with Crippen LogP contribution in [0.5, 0.6) is 0 Å². The van der Waals surface area contributed by atoms with Crippen LogP contribution in [0.15, 0.2) is 0 Å². The molecule has 0 heterocycles. The van der Waals surface area contributed by atoms with E-state index in [-0.39, 0.29) is 5.41 Å². The Labute approximate surface area is 107 Å². The van der Waals surface area contributed by atoms with Gasteiger partial charge in [0.05, 0.1) is 10.5 Å². The van der Waals surface area contributed by atoms with Crippen LogP contribution in [0.1, 0.15) is 53.9 Å². The molecule has 0 aromatic rings. The third kappa shape index (κ3) is 4.59. The molecule has 0 fully saturated rings.